The molecule has 1 radical (unpaired) electrons. The maximum absolute atomic E-state index is 9.45. The van der Waals surface area contributed by atoms with Gasteiger partial charge in [0.1, 0.15) is 24.4 Å². The Kier molecular flexibility index (Phi) is 36.5. The zero-order valence-electron chi connectivity index (χ0n) is 14.5. The van der Waals surface area contributed by atoms with E-state index < -0.39 is 48.3 Å². The van der Waals surface area contributed by atoms with E-state index in [9.17, 15) is 19.2 Å². The molecule has 0 fully saturated rings. The van der Waals surface area contributed by atoms with Crippen LogP contribution in [0.2, 0.25) is 0 Å². The molecule has 0 aromatic heterocycles. The molecule has 0 bridgehead atoms. The molecule has 0 aliphatic heterocycles. The third-order valence-corrected chi connectivity index (χ3v) is 1.43. The molecule has 0 saturated heterocycles. The fraction of sp³-hybridized carbons (Fsp3) is 0.667. The average molecular weight is 489 g/mol. The predicted octanol–water partition coefficient (Wildman–Crippen LogP) is -2.20. The third kappa shape index (κ3) is 49.5. The van der Waals surface area contributed by atoms with Gasteiger partial charge in [-0.2, -0.15) is 0 Å². The first-order valence-electron chi connectivity index (χ1n) is 6.21. The Hall–Kier alpha value is -1.14. The smallest absolute Gasteiger partial charge is 0.332 e. The minimum atomic E-state index is -1.23. The summed E-state index contributed by atoms with van der Waals surface area (Å²) in [5.74, 6) is -4.74. The van der Waals surface area contributed by atoms with Crippen molar-refractivity contribution in [2.75, 3.05) is 0 Å². The van der Waals surface area contributed by atoms with Crippen molar-refractivity contribution in [2.45, 2.75) is 52.1 Å². The fourth-order valence-corrected chi connectivity index (χ4v) is 0. The van der Waals surface area contributed by atoms with Crippen molar-refractivity contribution >= 4 is 23.9 Å². The maximum atomic E-state index is 9.45. The van der Waals surface area contributed by atoms with Crippen LogP contribution in [-0.4, -0.2) is 89.1 Å². The summed E-state index contributed by atoms with van der Waals surface area (Å²) >= 11 is 0. The third-order valence-electron chi connectivity index (χ3n) is 1.43. The van der Waals surface area contributed by atoms with Gasteiger partial charge in [-0.15, -0.1) is 0 Å². The molecular formula is C12H24CuO12Zn. The molecule has 0 aliphatic rings. The van der Waals surface area contributed by atoms with E-state index in [4.69, 9.17) is 40.9 Å². The van der Waals surface area contributed by atoms with Gasteiger partial charge in [-0.05, 0) is 27.7 Å². The van der Waals surface area contributed by atoms with Crippen LogP contribution in [0.3, 0.4) is 0 Å². The van der Waals surface area contributed by atoms with Crippen LogP contribution >= 0.6 is 0 Å². The summed E-state index contributed by atoms with van der Waals surface area (Å²) in [7, 11) is 0. The number of hydrogen-bond donors (Lipinski definition) is 8. The Morgan fingerprint density at radius 2 is 0.538 bits per heavy atom. The Labute approximate surface area is 172 Å². The molecule has 14 heteroatoms. The summed E-state index contributed by atoms with van der Waals surface area (Å²) in [6.45, 7) is 4.79. The van der Waals surface area contributed by atoms with Gasteiger partial charge in [-0.3, -0.25) is 0 Å². The van der Waals surface area contributed by atoms with Gasteiger partial charge in [-0.1, -0.05) is 0 Å². The monoisotopic (exact) mass is 487 g/mol. The molecule has 0 amide bonds. The zero-order chi connectivity index (χ0) is 20.6. The molecule has 12 nitrogen and oxygen atoms in total. The molecule has 0 aromatic rings. The molecule has 0 saturated carbocycles. The van der Waals surface area contributed by atoms with E-state index in [1.54, 1.807) is 0 Å². The van der Waals surface area contributed by atoms with E-state index in [1.165, 1.54) is 27.7 Å². The molecule has 26 heavy (non-hydrogen) atoms. The van der Waals surface area contributed by atoms with Crippen LogP contribution in [0.5, 0.6) is 0 Å². The van der Waals surface area contributed by atoms with Gasteiger partial charge in [0.2, 0.25) is 0 Å². The topological polar surface area (TPSA) is 230 Å². The summed E-state index contributed by atoms with van der Waals surface area (Å²) in [6.07, 6.45) is -4.93. The van der Waals surface area contributed by atoms with Crippen molar-refractivity contribution < 1.29 is 96.6 Å². The van der Waals surface area contributed by atoms with E-state index >= 15 is 0 Å². The van der Waals surface area contributed by atoms with E-state index in [2.05, 4.69) is 0 Å². The number of hydrogen-bond acceptors (Lipinski definition) is 8. The SMILES string of the molecule is CC(O)C(=O)O.CC(O)C(=O)O.CC(O)C(=O)O.CC(O)C(=O)O.[Cu].[Zn]. The van der Waals surface area contributed by atoms with Gasteiger partial charge >= 0.3 is 23.9 Å². The summed E-state index contributed by atoms with van der Waals surface area (Å²) in [5.41, 5.74) is 0. The van der Waals surface area contributed by atoms with Crippen molar-refractivity contribution in [1.29, 1.82) is 0 Å². The quantitative estimate of drug-likeness (QED) is 0.197. The molecule has 0 aromatic carbocycles. The molecular weight excluding hydrogens is 465 g/mol. The largest absolute Gasteiger partial charge is 0.479 e. The molecule has 0 heterocycles. The summed E-state index contributed by atoms with van der Waals surface area (Å²) in [5, 5.41) is 63.1. The van der Waals surface area contributed by atoms with Gasteiger partial charge in [0.05, 0.1) is 0 Å². The summed E-state index contributed by atoms with van der Waals surface area (Å²) in [6, 6.07) is 0. The van der Waals surface area contributed by atoms with Crippen LogP contribution < -0.4 is 0 Å². The van der Waals surface area contributed by atoms with Crippen LogP contribution in [0, 0.1) is 0 Å². The normalized spacial score (nSPS) is 12.6. The molecule has 4 atom stereocenters. The molecule has 4 unspecified atom stereocenters. The maximum Gasteiger partial charge on any atom is 0.332 e. The van der Waals surface area contributed by atoms with Crippen LogP contribution in [0.15, 0.2) is 0 Å². The summed E-state index contributed by atoms with van der Waals surface area (Å²) < 4.78 is 0. The van der Waals surface area contributed by atoms with Crippen molar-refractivity contribution in [3.05, 3.63) is 0 Å². The van der Waals surface area contributed by atoms with Crippen molar-refractivity contribution in [2.24, 2.45) is 0 Å². The van der Waals surface area contributed by atoms with Gasteiger partial charge in [-0.25, -0.2) is 19.2 Å². The molecule has 0 aliphatic carbocycles. The van der Waals surface area contributed by atoms with E-state index in [0.29, 0.717) is 0 Å². The number of rotatable bonds is 4. The first kappa shape index (κ1) is 39.8. The van der Waals surface area contributed by atoms with Gasteiger partial charge in [0.25, 0.3) is 0 Å². The van der Waals surface area contributed by atoms with Gasteiger partial charge in [0, 0.05) is 36.5 Å². The molecule has 8 N–H and O–H groups in total. The standard InChI is InChI=1S/4C3H6O3.Cu.Zn/c4*1-2(4)3(5)6;;/h4*2,4H,1H3,(H,5,6);;. The Morgan fingerprint density at radius 3 is 0.538 bits per heavy atom. The molecule has 0 rings (SSSR count). The number of carboxylic acids is 4. The van der Waals surface area contributed by atoms with Crippen molar-refractivity contribution in [3.63, 3.8) is 0 Å². The molecule has 157 valence electrons. The Bertz CT molecular complexity index is 312. The van der Waals surface area contributed by atoms with E-state index in [-0.39, 0.29) is 36.5 Å². The number of aliphatic carboxylic acids is 4. The minimum absolute atomic E-state index is 0. The van der Waals surface area contributed by atoms with Crippen molar-refractivity contribution in [1.82, 2.24) is 0 Å². The summed E-state index contributed by atoms with van der Waals surface area (Å²) in [4.78, 5) is 37.8. The van der Waals surface area contributed by atoms with E-state index in [0.717, 1.165) is 0 Å². The zero-order valence-corrected chi connectivity index (χ0v) is 18.4. The number of aliphatic hydroxyl groups excluding tert-OH is 4. The fourth-order valence-electron chi connectivity index (χ4n) is 0. The predicted molar refractivity (Wildman–Crippen MR) is 77.3 cm³/mol. The molecule has 0 spiro atoms. The van der Waals surface area contributed by atoms with Crippen LogP contribution in [0.1, 0.15) is 27.7 Å². The van der Waals surface area contributed by atoms with Crippen LogP contribution in [0.4, 0.5) is 0 Å². The number of aliphatic hydroxyl groups is 4. The first-order valence-corrected chi connectivity index (χ1v) is 6.21. The second-order valence-electron chi connectivity index (χ2n) is 4.06. The average Bonchev–Trinajstić information content (AvgIpc) is 2.40. The first-order chi connectivity index (χ1) is 10.6. The minimum Gasteiger partial charge on any atom is -0.479 e. The second kappa shape index (κ2) is 23.9. The van der Waals surface area contributed by atoms with Gasteiger partial charge < -0.3 is 40.9 Å². The van der Waals surface area contributed by atoms with Gasteiger partial charge in [0.15, 0.2) is 0 Å². The second-order valence-corrected chi connectivity index (χ2v) is 4.06. The van der Waals surface area contributed by atoms with Crippen LogP contribution in [0.25, 0.3) is 0 Å². The number of carboxylic acid groups (broad SMARTS) is 4. The Balaban J connectivity index is -0.0000000500. The van der Waals surface area contributed by atoms with Crippen LogP contribution in [-0.2, 0) is 55.7 Å². The van der Waals surface area contributed by atoms with E-state index in [1.807, 2.05) is 0 Å². The number of carbonyl (C=O) groups is 4. The van der Waals surface area contributed by atoms with Crippen molar-refractivity contribution in [3.8, 4) is 0 Å². The Morgan fingerprint density at radius 1 is 0.500 bits per heavy atom.